The van der Waals surface area contributed by atoms with Crippen LogP contribution in [-0.2, 0) is 15.7 Å². The predicted molar refractivity (Wildman–Crippen MR) is 87.6 cm³/mol. The molecular formula is C12H17N2O2P3. The van der Waals surface area contributed by atoms with Gasteiger partial charge in [-0.25, -0.2) is 0 Å². The number of benzene rings is 1. The minimum atomic E-state index is -0.354. The average molecular weight is 314 g/mol. The van der Waals surface area contributed by atoms with Crippen molar-refractivity contribution >= 4 is 45.1 Å². The molecule has 0 bridgehead atoms. The van der Waals surface area contributed by atoms with E-state index >= 15 is 0 Å². The van der Waals surface area contributed by atoms with Crippen molar-refractivity contribution in [1.82, 2.24) is 9.42 Å². The summed E-state index contributed by atoms with van der Waals surface area (Å²) in [6.07, 6.45) is 2.54. The van der Waals surface area contributed by atoms with Crippen molar-refractivity contribution in [2.24, 2.45) is 0 Å². The molecule has 0 radical (unpaired) electrons. The molecule has 0 saturated heterocycles. The SMILES string of the molecule is Cc1ccc2c(CC(C(=O)OP)N(P)P)c[nH]c2c1. The molecule has 1 aromatic carbocycles. The zero-order valence-electron chi connectivity index (χ0n) is 10.6. The Morgan fingerprint density at radius 3 is 2.84 bits per heavy atom. The molecule has 2 aromatic rings. The summed E-state index contributed by atoms with van der Waals surface area (Å²) >= 11 is 0. The maximum absolute atomic E-state index is 11.7. The molecule has 0 aliphatic rings. The Hall–Kier alpha value is -0.520. The summed E-state index contributed by atoms with van der Waals surface area (Å²) in [5.74, 6) is -0.281. The van der Waals surface area contributed by atoms with E-state index in [1.165, 1.54) is 5.56 Å². The van der Waals surface area contributed by atoms with E-state index in [0.29, 0.717) is 6.42 Å². The van der Waals surface area contributed by atoms with Gasteiger partial charge in [0.25, 0.3) is 0 Å². The predicted octanol–water partition coefficient (Wildman–Crippen LogP) is 2.60. The second-order valence-corrected chi connectivity index (χ2v) is 6.49. The lowest BCUT2D eigenvalue weighted by atomic mass is 10.0. The fourth-order valence-corrected chi connectivity index (χ4v) is 2.68. The lowest BCUT2D eigenvalue weighted by molar-refractivity contribution is -0.136. The Bertz CT molecular complexity index is 598. The topological polar surface area (TPSA) is 45.3 Å². The first-order valence-corrected chi connectivity index (χ1v) is 7.29. The molecule has 1 heterocycles. The molecule has 0 amide bonds. The molecule has 0 spiro atoms. The van der Waals surface area contributed by atoms with Crippen LogP contribution in [0.2, 0.25) is 0 Å². The average Bonchev–Trinajstić information content (AvgIpc) is 2.76. The van der Waals surface area contributed by atoms with E-state index < -0.39 is 0 Å². The van der Waals surface area contributed by atoms with Crippen molar-refractivity contribution in [3.63, 3.8) is 0 Å². The monoisotopic (exact) mass is 314 g/mol. The summed E-state index contributed by atoms with van der Waals surface area (Å²) in [6.45, 7) is 2.06. The second kappa shape index (κ2) is 6.29. The van der Waals surface area contributed by atoms with Gasteiger partial charge in [-0.1, -0.05) is 30.9 Å². The number of hydrogen-bond acceptors (Lipinski definition) is 3. The summed E-state index contributed by atoms with van der Waals surface area (Å²) in [5.41, 5.74) is 3.40. The highest BCUT2D eigenvalue weighted by molar-refractivity contribution is 7.31. The maximum atomic E-state index is 11.7. The molecular weight excluding hydrogens is 297 g/mol. The highest BCUT2D eigenvalue weighted by Crippen LogP contribution is 2.25. The zero-order valence-corrected chi connectivity index (χ0v) is 14.1. The standard InChI is InChI=1S/C12H17N2O2P3/c1-7-2-3-9-8(6-13-10(9)4-7)5-11(14(17)18)12(15)16-19/h2-4,6,11,13H,5,17-19H2,1H3. The number of aryl methyl sites for hydroxylation is 1. The minimum absolute atomic E-state index is 0.281. The van der Waals surface area contributed by atoms with Crippen LogP contribution in [0.3, 0.4) is 0 Å². The van der Waals surface area contributed by atoms with E-state index in [0.717, 1.165) is 16.5 Å². The normalized spacial score (nSPS) is 12.9. The van der Waals surface area contributed by atoms with Crippen LogP contribution in [0.5, 0.6) is 0 Å². The third kappa shape index (κ3) is 3.33. The molecule has 2 rings (SSSR count). The molecule has 0 aliphatic heterocycles. The van der Waals surface area contributed by atoms with Gasteiger partial charge >= 0.3 is 5.97 Å². The van der Waals surface area contributed by atoms with Gasteiger partial charge in [-0.3, -0.25) is 9.24 Å². The maximum Gasteiger partial charge on any atom is 0.326 e. The first-order chi connectivity index (χ1) is 9.02. The molecule has 4 nitrogen and oxygen atoms in total. The van der Waals surface area contributed by atoms with Crippen molar-refractivity contribution in [2.45, 2.75) is 19.4 Å². The fraction of sp³-hybridized carbons (Fsp3) is 0.250. The van der Waals surface area contributed by atoms with Gasteiger partial charge < -0.3 is 9.51 Å². The number of H-pyrrole nitrogens is 1. The smallest absolute Gasteiger partial charge is 0.326 e. The quantitative estimate of drug-likeness (QED) is 0.882. The molecule has 102 valence electrons. The van der Waals surface area contributed by atoms with Crippen LogP contribution in [0.25, 0.3) is 10.9 Å². The van der Waals surface area contributed by atoms with Gasteiger partial charge in [-0.15, -0.1) is 0 Å². The Labute approximate surface area is 119 Å². The Morgan fingerprint density at radius 2 is 2.21 bits per heavy atom. The van der Waals surface area contributed by atoms with Gasteiger partial charge in [-0.2, -0.15) is 0 Å². The number of aromatic amines is 1. The minimum Gasteiger partial charge on any atom is -0.450 e. The van der Waals surface area contributed by atoms with Gasteiger partial charge in [0.1, 0.15) is 6.04 Å². The van der Waals surface area contributed by atoms with E-state index in [2.05, 4.69) is 48.9 Å². The third-order valence-electron chi connectivity index (χ3n) is 3.08. The Balaban J connectivity index is 2.31. The molecule has 1 aromatic heterocycles. The molecule has 7 heteroatoms. The lowest BCUT2D eigenvalue weighted by Gasteiger charge is -2.20. The molecule has 4 atom stereocenters. The number of aromatic nitrogens is 1. The molecule has 0 aliphatic carbocycles. The molecule has 0 saturated carbocycles. The molecule has 0 fully saturated rings. The summed E-state index contributed by atoms with van der Waals surface area (Å²) in [6, 6.07) is 5.89. The third-order valence-corrected chi connectivity index (χ3v) is 4.04. The largest absolute Gasteiger partial charge is 0.450 e. The number of carbonyl (C=O) groups excluding carboxylic acids is 1. The fourth-order valence-electron chi connectivity index (χ4n) is 2.07. The van der Waals surface area contributed by atoms with Gasteiger partial charge in [0, 0.05) is 23.5 Å². The van der Waals surface area contributed by atoms with Crippen molar-refractivity contribution in [3.05, 3.63) is 35.5 Å². The van der Waals surface area contributed by atoms with Crippen LogP contribution in [0.1, 0.15) is 11.1 Å². The van der Waals surface area contributed by atoms with Crippen molar-refractivity contribution < 1.29 is 9.32 Å². The van der Waals surface area contributed by atoms with Crippen molar-refractivity contribution in [2.75, 3.05) is 0 Å². The van der Waals surface area contributed by atoms with Crippen LogP contribution in [-0.4, -0.2) is 21.4 Å². The summed E-state index contributed by atoms with van der Waals surface area (Å²) < 4.78 is 6.46. The van der Waals surface area contributed by atoms with Crippen LogP contribution in [0.4, 0.5) is 0 Å². The first kappa shape index (κ1) is 14.9. The number of nitrogens with one attached hydrogen (secondary N) is 1. The van der Waals surface area contributed by atoms with Gasteiger partial charge in [0.2, 0.25) is 0 Å². The van der Waals surface area contributed by atoms with Crippen LogP contribution in [0, 0.1) is 6.92 Å². The van der Waals surface area contributed by atoms with Gasteiger partial charge in [0.05, 0.1) is 9.47 Å². The van der Waals surface area contributed by atoms with E-state index in [1.54, 1.807) is 4.44 Å². The highest BCUT2D eigenvalue weighted by atomic mass is 31.1. The second-order valence-electron chi connectivity index (χ2n) is 4.47. The van der Waals surface area contributed by atoms with Gasteiger partial charge in [-0.05, 0) is 24.1 Å². The van der Waals surface area contributed by atoms with Crippen LogP contribution >= 0.6 is 28.2 Å². The highest BCUT2D eigenvalue weighted by Gasteiger charge is 2.23. The molecule has 19 heavy (non-hydrogen) atoms. The number of fused-ring (bicyclic) bond motifs is 1. The van der Waals surface area contributed by atoms with Crippen LogP contribution < -0.4 is 0 Å². The molecule has 1 N–H and O–H groups in total. The first-order valence-electron chi connectivity index (χ1n) is 5.78. The summed E-state index contributed by atoms with van der Waals surface area (Å²) in [5, 5.41) is 1.14. The van der Waals surface area contributed by atoms with E-state index in [1.807, 2.05) is 15.7 Å². The van der Waals surface area contributed by atoms with Crippen molar-refractivity contribution in [3.8, 4) is 0 Å². The number of rotatable bonds is 4. The Morgan fingerprint density at radius 1 is 1.47 bits per heavy atom. The van der Waals surface area contributed by atoms with Crippen molar-refractivity contribution in [1.29, 1.82) is 0 Å². The van der Waals surface area contributed by atoms with E-state index in [4.69, 9.17) is 4.52 Å². The summed E-state index contributed by atoms with van der Waals surface area (Å²) in [4.78, 5) is 15.0. The zero-order chi connectivity index (χ0) is 14.0. The number of nitrogens with zero attached hydrogens (tertiary/aromatic N) is 1. The molecule has 4 unspecified atom stereocenters. The number of hydrogen-bond donors (Lipinski definition) is 1. The van der Waals surface area contributed by atoms with Crippen LogP contribution in [0.15, 0.2) is 24.4 Å². The summed E-state index contributed by atoms with van der Waals surface area (Å²) in [7, 11) is 6.97. The van der Waals surface area contributed by atoms with E-state index in [9.17, 15) is 4.79 Å². The van der Waals surface area contributed by atoms with E-state index in [-0.39, 0.29) is 12.0 Å². The van der Waals surface area contributed by atoms with Gasteiger partial charge in [0.15, 0.2) is 0 Å². The lowest BCUT2D eigenvalue weighted by Crippen LogP contribution is -2.31. The number of carbonyl (C=O) groups is 1. The Kier molecular flexibility index (Phi) is 4.92.